The van der Waals surface area contributed by atoms with Gasteiger partial charge in [0.05, 0.1) is 6.54 Å². The molecule has 1 atom stereocenters. The van der Waals surface area contributed by atoms with Gasteiger partial charge in [-0.3, -0.25) is 0 Å². The fourth-order valence-electron chi connectivity index (χ4n) is 3.08. The van der Waals surface area contributed by atoms with Crippen LogP contribution in [-0.4, -0.2) is 14.8 Å². The minimum absolute atomic E-state index is 0.303. The van der Waals surface area contributed by atoms with Crippen LogP contribution in [0.3, 0.4) is 0 Å². The highest BCUT2D eigenvalue weighted by Gasteiger charge is 2.15. The van der Waals surface area contributed by atoms with Gasteiger partial charge in [-0.15, -0.1) is 10.2 Å². The van der Waals surface area contributed by atoms with E-state index in [9.17, 15) is 0 Å². The molecule has 1 heterocycles. The van der Waals surface area contributed by atoms with Crippen LogP contribution >= 0.6 is 11.8 Å². The molecule has 1 unspecified atom stereocenters. The molecule has 0 aliphatic carbocycles. The molecule has 0 aliphatic rings. The Labute approximate surface area is 158 Å². The van der Waals surface area contributed by atoms with E-state index in [0.29, 0.717) is 5.25 Å². The summed E-state index contributed by atoms with van der Waals surface area (Å²) in [6.07, 6.45) is 0. The molecule has 130 valence electrons. The third kappa shape index (κ3) is 3.51. The van der Waals surface area contributed by atoms with E-state index in [0.717, 1.165) is 17.5 Å². The molecule has 3 aromatic carbocycles. The van der Waals surface area contributed by atoms with Crippen molar-refractivity contribution in [1.82, 2.24) is 14.8 Å². The fraction of sp³-hybridized carbons (Fsp3) is 0.182. The molecule has 0 spiro atoms. The van der Waals surface area contributed by atoms with E-state index in [2.05, 4.69) is 88.4 Å². The Kier molecular flexibility index (Phi) is 4.76. The zero-order chi connectivity index (χ0) is 17.9. The molecule has 0 amide bonds. The van der Waals surface area contributed by atoms with Crippen molar-refractivity contribution in [3.63, 3.8) is 0 Å². The molecule has 0 saturated heterocycles. The normalized spacial score (nSPS) is 12.4. The molecule has 1 aromatic heterocycles. The molecule has 0 saturated carbocycles. The predicted octanol–water partition coefficient (Wildman–Crippen LogP) is 5.64. The van der Waals surface area contributed by atoms with E-state index < -0.39 is 0 Å². The Hall–Kier alpha value is -2.59. The lowest BCUT2D eigenvalue weighted by Crippen LogP contribution is -2.04. The highest BCUT2D eigenvalue weighted by molar-refractivity contribution is 7.99. The lowest BCUT2D eigenvalue weighted by molar-refractivity contribution is 0.686. The molecule has 0 aliphatic heterocycles. The molecule has 26 heavy (non-hydrogen) atoms. The van der Waals surface area contributed by atoms with Crippen molar-refractivity contribution in [3.8, 4) is 0 Å². The first kappa shape index (κ1) is 16.9. The lowest BCUT2D eigenvalue weighted by atomic mass is 10.1. The summed E-state index contributed by atoms with van der Waals surface area (Å²) in [7, 11) is 0. The highest BCUT2D eigenvalue weighted by atomic mass is 32.2. The van der Waals surface area contributed by atoms with Gasteiger partial charge in [0.2, 0.25) is 0 Å². The van der Waals surface area contributed by atoms with Gasteiger partial charge in [0.25, 0.3) is 0 Å². The monoisotopic (exact) mass is 359 g/mol. The summed E-state index contributed by atoms with van der Waals surface area (Å²) in [5.74, 6) is 0.946. The Morgan fingerprint density at radius 2 is 1.62 bits per heavy atom. The van der Waals surface area contributed by atoms with E-state index in [-0.39, 0.29) is 0 Å². The molecular weight excluding hydrogens is 338 g/mol. The van der Waals surface area contributed by atoms with E-state index in [4.69, 9.17) is 0 Å². The molecule has 4 aromatic rings. The van der Waals surface area contributed by atoms with Crippen molar-refractivity contribution in [1.29, 1.82) is 0 Å². The summed E-state index contributed by atoms with van der Waals surface area (Å²) in [5, 5.41) is 12.5. The average Bonchev–Trinajstić information content (AvgIpc) is 3.02. The van der Waals surface area contributed by atoms with E-state index in [1.807, 2.05) is 13.0 Å². The number of thioether (sulfide) groups is 1. The number of nitrogens with zero attached hydrogens (tertiary/aromatic N) is 3. The number of rotatable bonds is 5. The smallest absolute Gasteiger partial charge is 0.192 e. The molecular formula is C22H21N3S. The largest absolute Gasteiger partial charge is 0.302 e. The number of benzene rings is 3. The van der Waals surface area contributed by atoms with Crippen LogP contribution in [0.25, 0.3) is 10.8 Å². The van der Waals surface area contributed by atoms with Crippen molar-refractivity contribution in [3.05, 3.63) is 89.7 Å². The number of fused-ring (bicyclic) bond motifs is 1. The number of hydrogen-bond donors (Lipinski definition) is 0. The Morgan fingerprint density at radius 3 is 2.42 bits per heavy atom. The summed E-state index contributed by atoms with van der Waals surface area (Å²) in [6.45, 7) is 5.04. The molecule has 0 bridgehead atoms. The van der Waals surface area contributed by atoms with Gasteiger partial charge in [0.1, 0.15) is 5.82 Å². The molecule has 3 nitrogen and oxygen atoms in total. The highest BCUT2D eigenvalue weighted by Crippen LogP contribution is 2.35. The molecule has 0 N–H and O–H groups in total. The van der Waals surface area contributed by atoms with Crippen molar-refractivity contribution >= 4 is 22.5 Å². The van der Waals surface area contributed by atoms with Crippen LogP contribution in [0.5, 0.6) is 0 Å². The second kappa shape index (κ2) is 7.34. The summed E-state index contributed by atoms with van der Waals surface area (Å²) in [6, 6.07) is 25.6. The Balaban J connectivity index is 1.58. The Bertz CT molecular complexity index is 1020. The lowest BCUT2D eigenvalue weighted by Gasteiger charge is -2.14. The third-order valence-corrected chi connectivity index (χ3v) is 5.75. The van der Waals surface area contributed by atoms with Crippen molar-refractivity contribution in [2.75, 3.05) is 0 Å². The van der Waals surface area contributed by atoms with Gasteiger partial charge in [-0.05, 0) is 35.7 Å². The third-order valence-electron chi connectivity index (χ3n) is 4.61. The molecule has 4 heteroatoms. The first-order chi connectivity index (χ1) is 12.7. The van der Waals surface area contributed by atoms with Gasteiger partial charge >= 0.3 is 0 Å². The van der Waals surface area contributed by atoms with Crippen LogP contribution in [-0.2, 0) is 6.54 Å². The molecule has 4 rings (SSSR count). The van der Waals surface area contributed by atoms with E-state index >= 15 is 0 Å². The zero-order valence-corrected chi connectivity index (χ0v) is 15.8. The van der Waals surface area contributed by atoms with Gasteiger partial charge < -0.3 is 4.57 Å². The second-order valence-corrected chi connectivity index (χ2v) is 7.78. The zero-order valence-electron chi connectivity index (χ0n) is 15.0. The average molecular weight is 359 g/mol. The number of aryl methyl sites for hydroxylation is 1. The minimum atomic E-state index is 0.303. The van der Waals surface area contributed by atoms with Crippen LogP contribution in [0.2, 0.25) is 0 Å². The van der Waals surface area contributed by atoms with Crippen LogP contribution in [0.1, 0.15) is 29.1 Å². The van der Waals surface area contributed by atoms with Gasteiger partial charge in [0.15, 0.2) is 5.16 Å². The van der Waals surface area contributed by atoms with Crippen LogP contribution in [0, 0.1) is 6.92 Å². The quantitative estimate of drug-likeness (QED) is 0.432. The Morgan fingerprint density at radius 1 is 0.885 bits per heavy atom. The van der Waals surface area contributed by atoms with Gasteiger partial charge in [-0.25, -0.2) is 0 Å². The van der Waals surface area contributed by atoms with Crippen molar-refractivity contribution in [2.45, 2.75) is 30.8 Å². The predicted molar refractivity (Wildman–Crippen MR) is 109 cm³/mol. The molecule has 0 radical (unpaired) electrons. The maximum atomic E-state index is 4.42. The van der Waals surface area contributed by atoms with Crippen molar-refractivity contribution in [2.24, 2.45) is 0 Å². The second-order valence-electron chi connectivity index (χ2n) is 6.47. The van der Waals surface area contributed by atoms with Crippen molar-refractivity contribution < 1.29 is 0 Å². The maximum Gasteiger partial charge on any atom is 0.192 e. The molecule has 0 fully saturated rings. The summed E-state index contributed by atoms with van der Waals surface area (Å²) in [5.41, 5.74) is 2.57. The van der Waals surface area contributed by atoms with Gasteiger partial charge in [-0.1, -0.05) is 84.6 Å². The van der Waals surface area contributed by atoms with Gasteiger partial charge in [0, 0.05) is 5.25 Å². The van der Waals surface area contributed by atoms with Gasteiger partial charge in [-0.2, -0.15) is 0 Å². The summed E-state index contributed by atoms with van der Waals surface area (Å²) in [4.78, 5) is 0. The van der Waals surface area contributed by atoms with Crippen LogP contribution < -0.4 is 0 Å². The first-order valence-corrected chi connectivity index (χ1v) is 9.68. The minimum Gasteiger partial charge on any atom is -0.302 e. The summed E-state index contributed by atoms with van der Waals surface area (Å²) < 4.78 is 2.19. The maximum absolute atomic E-state index is 4.42. The van der Waals surface area contributed by atoms with E-state index in [1.165, 1.54) is 21.9 Å². The van der Waals surface area contributed by atoms with E-state index in [1.54, 1.807) is 11.8 Å². The van der Waals surface area contributed by atoms with Crippen LogP contribution in [0.15, 0.2) is 78.0 Å². The topological polar surface area (TPSA) is 30.7 Å². The number of aromatic nitrogens is 3. The number of hydrogen-bond acceptors (Lipinski definition) is 3. The van der Waals surface area contributed by atoms with Crippen LogP contribution in [0.4, 0.5) is 0 Å². The first-order valence-electron chi connectivity index (χ1n) is 8.80. The SMILES string of the molecule is Cc1nnc(SC(C)c2ccc3ccccc3c2)n1Cc1ccccc1. The fourth-order valence-corrected chi connectivity index (χ4v) is 4.09. The standard InChI is InChI=1S/C22H21N3S/c1-16(20-13-12-19-10-6-7-11-21(19)14-20)26-22-24-23-17(2)25(22)15-18-8-4-3-5-9-18/h3-14,16H,15H2,1-2H3. The summed E-state index contributed by atoms with van der Waals surface area (Å²) >= 11 is 1.76.